The van der Waals surface area contributed by atoms with Crippen molar-refractivity contribution in [1.29, 1.82) is 0 Å². The molecule has 0 aliphatic heterocycles. The Bertz CT molecular complexity index is 484. The normalized spacial score (nSPS) is 17.1. The molecule has 6 nitrogen and oxygen atoms in total. The second-order valence-electron chi connectivity index (χ2n) is 5.44. The summed E-state index contributed by atoms with van der Waals surface area (Å²) in [5.41, 5.74) is 0.868. The van der Waals surface area contributed by atoms with Crippen LogP contribution in [0.25, 0.3) is 0 Å². The molecule has 0 atom stereocenters. The van der Waals surface area contributed by atoms with E-state index in [4.69, 9.17) is 0 Å². The molecule has 0 bridgehead atoms. The number of nitrogens with zero attached hydrogens (tertiary/aromatic N) is 3. The fraction of sp³-hybridized carbons (Fsp3) is 0.615. The lowest BCUT2D eigenvalue weighted by Gasteiger charge is -2.47. The first-order valence-corrected chi connectivity index (χ1v) is 6.47. The Morgan fingerprint density at radius 1 is 1.53 bits per heavy atom. The van der Waals surface area contributed by atoms with Crippen LogP contribution >= 0.6 is 0 Å². The number of nitro groups is 1. The van der Waals surface area contributed by atoms with Crippen LogP contribution in [0.1, 0.15) is 24.8 Å². The van der Waals surface area contributed by atoms with Crippen molar-refractivity contribution >= 4 is 11.5 Å². The molecule has 1 aliphatic carbocycles. The average Bonchev–Trinajstić information content (AvgIpc) is 2.28. The first-order chi connectivity index (χ1) is 8.94. The minimum Gasteiger partial charge on any atom is -0.368 e. The summed E-state index contributed by atoms with van der Waals surface area (Å²) >= 11 is 0. The molecular formula is C13H20N4O2. The van der Waals surface area contributed by atoms with E-state index in [-0.39, 0.29) is 16.1 Å². The Morgan fingerprint density at radius 3 is 2.68 bits per heavy atom. The number of aromatic nitrogens is 1. The summed E-state index contributed by atoms with van der Waals surface area (Å²) in [5, 5.41) is 14.1. The predicted octanol–water partition coefficient (Wildman–Crippen LogP) is 2.19. The van der Waals surface area contributed by atoms with E-state index in [1.807, 2.05) is 0 Å². The first-order valence-electron chi connectivity index (χ1n) is 6.47. The van der Waals surface area contributed by atoms with E-state index in [1.54, 1.807) is 13.1 Å². The van der Waals surface area contributed by atoms with E-state index in [2.05, 4.69) is 29.3 Å². The highest BCUT2D eigenvalue weighted by Gasteiger charge is 2.38. The molecule has 1 aliphatic rings. The first kappa shape index (κ1) is 13.7. The third-order valence-corrected chi connectivity index (χ3v) is 4.10. The van der Waals surface area contributed by atoms with Gasteiger partial charge in [-0.3, -0.25) is 10.1 Å². The molecule has 1 aromatic heterocycles. The van der Waals surface area contributed by atoms with Crippen LogP contribution in [0, 0.1) is 17.0 Å². The molecule has 0 aromatic carbocycles. The minimum absolute atomic E-state index is 0.116. The third kappa shape index (κ3) is 2.68. The van der Waals surface area contributed by atoms with Gasteiger partial charge in [0.1, 0.15) is 5.82 Å². The Kier molecular flexibility index (Phi) is 3.71. The number of anilines is 1. The molecule has 0 saturated heterocycles. The van der Waals surface area contributed by atoms with Gasteiger partial charge in [0.25, 0.3) is 5.69 Å². The van der Waals surface area contributed by atoms with Gasteiger partial charge in [0, 0.05) is 23.8 Å². The highest BCUT2D eigenvalue weighted by Crippen LogP contribution is 2.36. The van der Waals surface area contributed by atoms with Gasteiger partial charge in [0.15, 0.2) is 0 Å². The van der Waals surface area contributed by atoms with Crippen molar-refractivity contribution in [3.05, 3.63) is 27.9 Å². The summed E-state index contributed by atoms with van der Waals surface area (Å²) < 4.78 is 0. The molecule has 1 heterocycles. The molecule has 0 spiro atoms. The molecule has 0 radical (unpaired) electrons. The zero-order chi connectivity index (χ0) is 14.0. The lowest BCUT2D eigenvalue weighted by molar-refractivity contribution is -0.385. The lowest BCUT2D eigenvalue weighted by Crippen LogP contribution is -2.54. The number of hydrogen-bond donors (Lipinski definition) is 1. The maximum atomic E-state index is 10.9. The Hall–Kier alpha value is -1.69. The van der Waals surface area contributed by atoms with Gasteiger partial charge in [-0.15, -0.1) is 0 Å². The van der Waals surface area contributed by atoms with Crippen LogP contribution < -0.4 is 5.32 Å². The second kappa shape index (κ2) is 5.13. The van der Waals surface area contributed by atoms with Crippen LogP contribution in [0.5, 0.6) is 0 Å². The van der Waals surface area contributed by atoms with Gasteiger partial charge in [0.2, 0.25) is 0 Å². The maximum Gasteiger partial charge on any atom is 0.277 e. The number of hydrogen-bond acceptors (Lipinski definition) is 5. The van der Waals surface area contributed by atoms with Crippen LogP contribution in [-0.2, 0) is 0 Å². The monoisotopic (exact) mass is 264 g/mol. The standard InChI is InChI=1S/C13H20N4O2/c1-10-8-14-12(7-11(10)17(18)19)15-9-13(16(2)3)5-4-6-13/h7-8H,4-6,9H2,1-3H3,(H,14,15). The molecule has 1 N–H and O–H groups in total. The molecule has 1 fully saturated rings. The van der Waals surface area contributed by atoms with Gasteiger partial charge in [-0.05, 0) is 40.3 Å². The van der Waals surface area contributed by atoms with Crippen LogP contribution in [-0.4, -0.2) is 41.0 Å². The van der Waals surface area contributed by atoms with Crippen molar-refractivity contribution in [3.8, 4) is 0 Å². The zero-order valence-corrected chi connectivity index (χ0v) is 11.6. The average molecular weight is 264 g/mol. The van der Waals surface area contributed by atoms with Crippen molar-refractivity contribution in [3.63, 3.8) is 0 Å². The number of likely N-dealkylation sites (N-methyl/N-ethyl adjacent to an activating group) is 1. The van der Waals surface area contributed by atoms with E-state index in [0.29, 0.717) is 11.4 Å². The third-order valence-electron chi connectivity index (χ3n) is 4.10. The lowest BCUT2D eigenvalue weighted by atomic mass is 9.75. The van der Waals surface area contributed by atoms with Crippen molar-refractivity contribution in [2.45, 2.75) is 31.7 Å². The molecular weight excluding hydrogens is 244 g/mol. The van der Waals surface area contributed by atoms with Gasteiger partial charge in [-0.1, -0.05) is 0 Å². The number of pyridine rings is 1. The molecule has 1 aromatic rings. The van der Waals surface area contributed by atoms with Gasteiger partial charge in [-0.2, -0.15) is 0 Å². The molecule has 2 rings (SSSR count). The summed E-state index contributed by atoms with van der Waals surface area (Å²) in [7, 11) is 4.15. The van der Waals surface area contributed by atoms with Crippen LogP contribution in [0.4, 0.5) is 11.5 Å². The summed E-state index contributed by atoms with van der Waals surface area (Å²) in [5.74, 6) is 0.574. The summed E-state index contributed by atoms with van der Waals surface area (Å²) in [4.78, 5) is 17.0. The summed E-state index contributed by atoms with van der Waals surface area (Å²) in [6.07, 6.45) is 5.09. The highest BCUT2D eigenvalue weighted by molar-refractivity contribution is 5.49. The fourth-order valence-corrected chi connectivity index (χ4v) is 2.43. The molecule has 19 heavy (non-hydrogen) atoms. The van der Waals surface area contributed by atoms with E-state index in [0.717, 1.165) is 19.4 Å². The van der Waals surface area contributed by atoms with Crippen LogP contribution in [0.2, 0.25) is 0 Å². The topological polar surface area (TPSA) is 71.3 Å². The van der Waals surface area contributed by atoms with Gasteiger partial charge >= 0.3 is 0 Å². The summed E-state index contributed by atoms with van der Waals surface area (Å²) in [6, 6.07) is 1.51. The van der Waals surface area contributed by atoms with Gasteiger partial charge in [-0.25, -0.2) is 4.98 Å². The van der Waals surface area contributed by atoms with Crippen LogP contribution in [0.15, 0.2) is 12.3 Å². The van der Waals surface area contributed by atoms with Gasteiger partial charge in [0.05, 0.1) is 11.0 Å². The van der Waals surface area contributed by atoms with E-state index in [1.165, 1.54) is 12.5 Å². The van der Waals surface area contributed by atoms with Crippen molar-refractivity contribution in [2.24, 2.45) is 0 Å². The highest BCUT2D eigenvalue weighted by atomic mass is 16.6. The van der Waals surface area contributed by atoms with Crippen molar-refractivity contribution in [2.75, 3.05) is 26.0 Å². The van der Waals surface area contributed by atoms with Crippen molar-refractivity contribution in [1.82, 2.24) is 9.88 Å². The molecule has 6 heteroatoms. The van der Waals surface area contributed by atoms with E-state index in [9.17, 15) is 10.1 Å². The molecule has 0 unspecified atom stereocenters. The maximum absolute atomic E-state index is 10.9. The SMILES string of the molecule is Cc1cnc(NCC2(N(C)C)CCC2)cc1[N+](=O)[O-]. The Morgan fingerprint density at radius 2 is 2.21 bits per heavy atom. The van der Waals surface area contributed by atoms with E-state index < -0.39 is 0 Å². The molecule has 1 saturated carbocycles. The second-order valence-corrected chi connectivity index (χ2v) is 5.44. The number of nitrogens with one attached hydrogen (secondary N) is 1. The van der Waals surface area contributed by atoms with Gasteiger partial charge < -0.3 is 10.2 Å². The number of rotatable bonds is 5. The number of aryl methyl sites for hydroxylation is 1. The smallest absolute Gasteiger partial charge is 0.277 e. The molecule has 0 amide bonds. The zero-order valence-electron chi connectivity index (χ0n) is 11.6. The van der Waals surface area contributed by atoms with E-state index >= 15 is 0 Å². The minimum atomic E-state index is -0.368. The van der Waals surface area contributed by atoms with Crippen molar-refractivity contribution < 1.29 is 4.92 Å². The van der Waals surface area contributed by atoms with Crippen LogP contribution in [0.3, 0.4) is 0 Å². The Labute approximate surface area is 113 Å². The summed E-state index contributed by atoms with van der Waals surface area (Å²) in [6.45, 7) is 2.47. The fourth-order valence-electron chi connectivity index (χ4n) is 2.43. The quantitative estimate of drug-likeness (QED) is 0.652. The molecule has 104 valence electrons. The predicted molar refractivity (Wildman–Crippen MR) is 74.4 cm³/mol. The Balaban J connectivity index is 2.08. The largest absolute Gasteiger partial charge is 0.368 e.